The molecule has 2 aromatic rings. The molecule has 0 unspecified atom stereocenters. The van der Waals surface area contributed by atoms with E-state index in [0.717, 1.165) is 31.2 Å². The largest absolute Gasteiger partial charge is 0.375 e. The second-order valence-electron chi connectivity index (χ2n) is 5.30. The third-order valence-corrected chi connectivity index (χ3v) is 5.01. The van der Waals surface area contributed by atoms with Gasteiger partial charge in [-0.05, 0) is 0 Å². The molecular weight excluding hydrogens is 290 g/mol. The Kier molecular flexibility index (Phi) is 2.93. The molecule has 21 heavy (non-hydrogen) atoms. The maximum Gasteiger partial charge on any atom is 0.251 e. The molecule has 0 radical (unpaired) electrons. The average molecular weight is 305 g/mol. The van der Waals surface area contributed by atoms with Crippen LogP contribution in [0.2, 0.25) is 0 Å². The van der Waals surface area contributed by atoms with Crippen molar-refractivity contribution in [3.63, 3.8) is 0 Å². The van der Waals surface area contributed by atoms with Crippen LogP contribution < -0.4 is 10.6 Å². The Morgan fingerprint density at radius 1 is 1.48 bits per heavy atom. The van der Waals surface area contributed by atoms with Crippen molar-refractivity contribution in [3.05, 3.63) is 28.5 Å². The van der Waals surface area contributed by atoms with Crippen molar-refractivity contribution >= 4 is 22.4 Å². The molecule has 110 valence electrons. The van der Waals surface area contributed by atoms with Crippen molar-refractivity contribution in [2.75, 3.05) is 24.6 Å². The van der Waals surface area contributed by atoms with Crippen LogP contribution >= 0.6 is 11.3 Å². The molecule has 4 rings (SSSR count). The molecule has 0 spiro atoms. The minimum Gasteiger partial charge on any atom is -0.375 e. The zero-order valence-electron chi connectivity index (χ0n) is 11.4. The maximum atomic E-state index is 11.1. The quantitative estimate of drug-likeness (QED) is 0.896. The highest BCUT2D eigenvalue weighted by atomic mass is 32.1. The van der Waals surface area contributed by atoms with Gasteiger partial charge in [0, 0.05) is 25.7 Å². The molecule has 1 amide bonds. The number of hydrogen-bond donors (Lipinski definition) is 1. The molecule has 2 N–H and O–H groups in total. The van der Waals surface area contributed by atoms with Crippen molar-refractivity contribution in [1.29, 1.82) is 0 Å². The van der Waals surface area contributed by atoms with Crippen LogP contribution in [0.5, 0.6) is 0 Å². The van der Waals surface area contributed by atoms with Crippen molar-refractivity contribution in [1.82, 2.24) is 14.8 Å². The number of carbonyl (C=O) groups is 1. The molecule has 1 saturated heterocycles. The SMILES string of the molecule is NC(=O)c1cnn(C2CN(c3nc4c(s3)COCC4)C2)c1. The Bertz CT molecular complexity index is 665. The van der Waals surface area contributed by atoms with Gasteiger partial charge in [0.15, 0.2) is 5.13 Å². The standard InChI is InChI=1S/C13H15N5O2S/c14-12(19)8-3-15-18(4-8)9-5-17(6-9)13-16-10-1-2-20-7-11(10)21-13/h3-4,9H,1-2,5-7H2,(H2,14,19). The second kappa shape index (κ2) is 4.81. The van der Waals surface area contributed by atoms with E-state index in [4.69, 9.17) is 15.5 Å². The molecular formula is C13H15N5O2S. The van der Waals surface area contributed by atoms with Gasteiger partial charge < -0.3 is 15.4 Å². The molecule has 7 nitrogen and oxygen atoms in total. The van der Waals surface area contributed by atoms with Crippen molar-refractivity contribution in [2.45, 2.75) is 19.1 Å². The number of primary amides is 1. The van der Waals surface area contributed by atoms with E-state index >= 15 is 0 Å². The fourth-order valence-electron chi connectivity index (χ4n) is 2.59. The van der Waals surface area contributed by atoms with Crippen LogP contribution in [-0.4, -0.2) is 40.4 Å². The Balaban J connectivity index is 1.44. The Morgan fingerprint density at radius 3 is 3.05 bits per heavy atom. The molecule has 0 saturated carbocycles. The predicted molar refractivity (Wildman–Crippen MR) is 77.5 cm³/mol. The zero-order chi connectivity index (χ0) is 14.4. The lowest BCUT2D eigenvalue weighted by atomic mass is 10.1. The lowest BCUT2D eigenvalue weighted by Gasteiger charge is -2.39. The van der Waals surface area contributed by atoms with Gasteiger partial charge in [-0.1, -0.05) is 11.3 Å². The minimum atomic E-state index is -0.440. The molecule has 0 aliphatic carbocycles. The van der Waals surface area contributed by atoms with E-state index in [-0.39, 0.29) is 6.04 Å². The number of nitrogens with zero attached hydrogens (tertiary/aromatic N) is 4. The number of rotatable bonds is 3. The van der Waals surface area contributed by atoms with Crippen LogP contribution in [0, 0.1) is 0 Å². The second-order valence-corrected chi connectivity index (χ2v) is 6.36. The summed E-state index contributed by atoms with van der Waals surface area (Å²) in [7, 11) is 0. The van der Waals surface area contributed by atoms with E-state index in [0.29, 0.717) is 12.2 Å². The van der Waals surface area contributed by atoms with Gasteiger partial charge in [-0.15, -0.1) is 0 Å². The zero-order valence-corrected chi connectivity index (χ0v) is 12.2. The van der Waals surface area contributed by atoms with E-state index in [1.807, 2.05) is 4.68 Å². The number of aromatic nitrogens is 3. The number of fused-ring (bicyclic) bond motifs is 1. The van der Waals surface area contributed by atoms with Crippen molar-refractivity contribution in [3.8, 4) is 0 Å². The van der Waals surface area contributed by atoms with Crippen LogP contribution in [0.1, 0.15) is 27.0 Å². The first-order valence-electron chi connectivity index (χ1n) is 6.86. The topological polar surface area (TPSA) is 86.3 Å². The van der Waals surface area contributed by atoms with Crippen molar-refractivity contribution in [2.24, 2.45) is 5.73 Å². The highest BCUT2D eigenvalue weighted by molar-refractivity contribution is 7.15. The Labute approximate surface area is 125 Å². The Hall–Kier alpha value is -1.93. The normalized spacial score (nSPS) is 18.4. The average Bonchev–Trinajstić information content (AvgIpc) is 3.03. The summed E-state index contributed by atoms with van der Waals surface area (Å²) in [6.45, 7) is 3.16. The predicted octanol–water partition coefficient (Wildman–Crippen LogP) is 0.572. The van der Waals surface area contributed by atoms with Gasteiger partial charge in [-0.3, -0.25) is 9.48 Å². The first-order chi connectivity index (χ1) is 10.2. The smallest absolute Gasteiger partial charge is 0.251 e. The fourth-order valence-corrected chi connectivity index (χ4v) is 3.65. The summed E-state index contributed by atoms with van der Waals surface area (Å²) in [4.78, 5) is 19.3. The summed E-state index contributed by atoms with van der Waals surface area (Å²) >= 11 is 1.71. The summed E-state index contributed by atoms with van der Waals surface area (Å²) < 4.78 is 7.26. The van der Waals surface area contributed by atoms with Gasteiger partial charge in [-0.25, -0.2) is 4.98 Å². The van der Waals surface area contributed by atoms with Crippen LogP contribution in [0.4, 0.5) is 5.13 Å². The number of anilines is 1. The fraction of sp³-hybridized carbons (Fsp3) is 0.462. The van der Waals surface area contributed by atoms with E-state index < -0.39 is 5.91 Å². The molecule has 2 aliphatic heterocycles. The first-order valence-corrected chi connectivity index (χ1v) is 7.67. The van der Waals surface area contributed by atoms with Crippen LogP contribution in [0.25, 0.3) is 0 Å². The molecule has 8 heteroatoms. The molecule has 2 aliphatic rings. The molecule has 0 bridgehead atoms. The highest BCUT2D eigenvalue weighted by Crippen LogP contribution is 2.34. The molecule has 2 aromatic heterocycles. The number of carbonyl (C=O) groups excluding carboxylic acids is 1. The molecule has 1 fully saturated rings. The lowest BCUT2D eigenvalue weighted by Crippen LogP contribution is -2.48. The lowest BCUT2D eigenvalue weighted by molar-refractivity contribution is 0.1000. The van der Waals surface area contributed by atoms with E-state index in [2.05, 4.69) is 10.00 Å². The van der Waals surface area contributed by atoms with Gasteiger partial charge >= 0.3 is 0 Å². The third-order valence-electron chi connectivity index (χ3n) is 3.88. The van der Waals surface area contributed by atoms with E-state index in [9.17, 15) is 4.79 Å². The van der Waals surface area contributed by atoms with Gasteiger partial charge in [0.25, 0.3) is 5.91 Å². The number of amides is 1. The summed E-state index contributed by atoms with van der Waals surface area (Å²) in [6.07, 6.45) is 4.14. The number of hydrogen-bond acceptors (Lipinski definition) is 6. The van der Waals surface area contributed by atoms with E-state index in [1.165, 1.54) is 16.8 Å². The first kappa shape index (κ1) is 12.8. The van der Waals surface area contributed by atoms with Crippen LogP contribution in [0.3, 0.4) is 0 Å². The molecule has 0 atom stereocenters. The molecule has 4 heterocycles. The summed E-state index contributed by atoms with van der Waals surface area (Å²) in [5, 5.41) is 5.26. The summed E-state index contributed by atoms with van der Waals surface area (Å²) in [5.74, 6) is -0.440. The van der Waals surface area contributed by atoms with Gasteiger partial charge in [0.05, 0.1) is 41.6 Å². The number of thiazole rings is 1. The van der Waals surface area contributed by atoms with Crippen LogP contribution in [0.15, 0.2) is 12.4 Å². The third kappa shape index (κ3) is 2.20. The Morgan fingerprint density at radius 2 is 2.33 bits per heavy atom. The van der Waals surface area contributed by atoms with Crippen molar-refractivity contribution < 1.29 is 9.53 Å². The van der Waals surface area contributed by atoms with Gasteiger partial charge in [0.1, 0.15) is 0 Å². The van der Waals surface area contributed by atoms with E-state index in [1.54, 1.807) is 17.5 Å². The summed E-state index contributed by atoms with van der Waals surface area (Å²) in [6, 6.07) is 0.273. The van der Waals surface area contributed by atoms with Gasteiger partial charge in [0.2, 0.25) is 0 Å². The summed E-state index contributed by atoms with van der Waals surface area (Å²) in [5.41, 5.74) is 6.87. The monoisotopic (exact) mass is 305 g/mol. The van der Waals surface area contributed by atoms with Gasteiger partial charge in [-0.2, -0.15) is 5.10 Å². The number of ether oxygens (including phenoxy) is 1. The highest BCUT2D eigenvalue weighted by Gasteiger charge is 2.32. The molecule has 0 aromatic carbocycles. The number of nitrogens with two attached hydrogens (primary N) is 1. The minimum absolute atomic E-state index is 0.273. The maximum absolute atomic E-state index is 11.1. The van der Waals surface area contributed by atoms with Crippen LogP contribution in [-0.2, 0) is 17.8 Å².